The first-order valence-corrected chi connectivity index (χ1v) is 12.4. The van der Waals surface area contributed by atoms with Gasteiger partial charge >= 0.3 is 5.97 Å². The van der Waals surface area contributed by atoms with Crippen LogP contribution in [0, 0.1) is 5.92 Å². The number of nitrogens with two attached hydrogens (primary N) is 1. The van der Waals surface area contributed by atoms with Gasteiger partial charge in [-0.15, -0.1) is 0 Å². The quantitative estimate of drug-likeness (QED) is 0.229. The lowest BCUT2D eigenvalue weighted by molar-refractivity contribution is -0.118. The largest absolute Gasteiger partial charge is 0.489 e. The van der Waals surface area contributed by atoms with E-state index in [2.05, 4.69) is 0 Å². The molecule has 0 fully saturated rings. The zero-order chi connectivity index (χ0) is 26.7. The number of carbonyl (C=O) groups is 2. The second-order valence-electron chi connectivity index (χ2n) is 8.90. The Hall–Kier alpha value is -3.80. The Bertz CT molecular complexity index is 1500. The van der Waals surface area contributed by atoms with Crippen molar-refractivity contribution in [2.24, 2.45) is 11.7 Å². The van der Waals surface area contributed by atoms with Crippen LogP contribution in [-0.4, -0.2) is 23.5 Å². The maximum Gasteiger partial charge on any atom is 0.335 e. The Balaban J connectivity index is 1.61. The number of ketones is 1. The maximum absolute atomic E-state index is 13.0. The van der Waals surface area contributed by atoms with Gasteiger partial charge < -0.3 is 15.6 Å². The highest BCUT2D eigenvalue weighted by Gasteiger charge is 2.21. The number of benzene rings is 4. The number of fused-ring (bicyclic) bond motifs is 1. The van der Waals surface area contributed by atoms with Gasteiger partial charge in [-0.2, -0.15) is 0 Å². The Kier molecular flexibility index (Phi) is 7.86. The molecule has 0 saturated carbocycles. The Morgan fingerprint density at radius 1 is 0.865 bits per heavy atom. The van der Waals surface area contributed by atoms with E-state index in [1.165, 1.54) is 0 Å². The monoisotopic (exact) mass is 533 g/mol. The van der Waals surface area contributed by atoms with Crippen LogP contribution in [0.2, 0.25) is 10.0 Å². The normalized spacial score (nSPS) is 11.9. The average Bonchev–Trinajstić information content (AvgIpc) is 2.88. The van der Waals surface area contributed by atoms with Crippen molar-refractivity contribution < 1.29 is 19.4 Å². The molecule has 3 N–H and O–H groups in total. The molecule has 5 nitrogen and oxygen atoms in total. The Labute approximate surface area is 225 Å². The van der Waals surface area contributed by atoms with Crippen LogP contribution < -0.4 is 10.5 Å². The van der Waals surface area contributed by atoms with E-state index in [1.807, 2.05) is 36.4 Å². The molecule has 4 aromatic carbocycles. The second-order valence-corrected chi connectivity index (χ2v) is 9.72. The van der Waals surface area contributed by atoms with Crippen molar-refractivity contribution in [2.45, 2.75) is 13.8 Å². The molecular formula is C30H25Cl2NO4. The van der Waals surface area contributed by atoms with Crippen LogP contribution in [0.25, 0.3) is 27.6 Å². The number of carboxylic acids is 1. The number of rotatable bonds is 8. The van der Waals surface area contributed by atoms with E-state index in [-0.39, 0.29) is 29.6 Å². The number of Topliss-reactive ketones (excluding diaryl/α,β-unsaturated/α-hetero) is 1. The molecule has 0 aromatic heterocycles. The molecule has 188 valence electrons. The van der Waals surface area contributed by atoms with Crippen LogP contribution in [0.1, 0.15) is 29.8 Å². The number of hydrogen-bond acceptors (Lipinski definition) is 4. The molecule has 4 aromatic rings. The highest BCUT2D eigenvalue weighted by molar-refractivity contribution is 6.37. The fraction of sp³-hybridized carbons (Fsp3) is 0.133. The zero-order valence-corrected chi connectivity index (χ0v) is 21.8. The van der Waals surface area contributed by atoms with Gasteiger partial charge in [-0.1, -0.05) is 73.4 Å². The summed E-state index contributed by atoms with van der Waals surface area (Å²) in [6.45, 7) is 3.56. The van der Waals surface area contributed by atoms with Gasteiger partial charge in [0.05, 0.1) is 26.9 Å². The summed E-state index contributed by atoms with van der Waals surface area (Å²) in [7, 11) is 0. The maximum atomic E-state index is 13.0. The molecule has 37 heavy (non-hydrogen) atoms. The molecule has 0 aliphatic heterocycles. The van der Waals surface area contributed by atoms with Gasteiger partial charge in [0.15, 0.2) is 5.78 Å². The predicted octanol–water partition coefficient (Wildman–Crippen LogP) is 7.49. The third-order valence-electron chi connectivity index (χ3n) is 6.04. The highest BCUT2D eigenvalue weighted by atomic mass is 35.5. The van der Waals surface area contributed by atoms with E-state index in [9.17, 15) is 9.59 Å². The first-order chi connectivity index (χ1) is 17.7. The summed E-state index contributed by atoms with van der Waals surface area (Å²) in [6.07, 6.45) is 0. The topological polar surface area (TPSA) is 89.6 Å². The fourth-order valence-corrected chi connectivity index (χ4v) is 4.59. The second kappa shape index (κ2) is 11.1. The average molecular weight is 534 g/mol. The minimum atomic E-state index is -0.956. The lowest BCUT2D eigenvalue weighted by Gasteiger charge is -2.16. The van der Waals surface area contributed by atoms with Crippen molar-refractivity contribution in [1.29, 1.82) is 0 Å². The molecule has 0 radical (unpaired) electrons. The number of aromatic carboxylic acids is 1. The molecule has 0 atom stereocenters. The number of carboxylic acid groups (broad SMARTS) is 1. The van der Waals surface area contributed by atoms with Crippen molar-refractivity contribution in [1.82, 2.24) is 0 Å². The summed E-state index contributed by atoms with van der Waals surface area (Å²) >= 11 is 12.7. The van der Waals surface area contributed by atoms with Gasteiger partial charge in [0, 0.05) is 11.5 Å². The molecule has 0 heterocycles. The standard InChI is InChI=1S/C30H25Cl2NO4/c1-17(2)29(34)24(28(33)27-25(31)4-3-5-26(27)32)16-37-23-13-12-21-14-20(10-11-22(21)15-23)18-6-8-19(9-7-18)30(35)36/h3-15,17H,16,33H2,1-2H3,(H,35,36)/b28-24-. The molecule has 4 rings (SSSR count). The number of hydrogen-bond donors (Lipinski definition) is 2. The Morgan fingerprint density at radius 3 is 2.08 bits per heavy atom. The molecule has 0 aliphatic rings. The summed E-state index contributed by atoms with van der Waals surface area (Å²) in [6, 6.07) is 23.4. The zero-order valence-electron chi connectivity index (χ0n) is 20.3. The molecular weight excluding hydrogens is 509 g/mol. The first kappa shape index (κ1) is 26.3. The van der Waals surface area contributed by atoms with Crippen LogP contribution in [0.5, 0.6) is 5.75 Å². The molecule has 0 bridgehead atoms. The fourth-order valence-electron chi connectivity index (χ4n) is 3.99. The predicted molar refractivity (Wildman–Crippen MR) is 149 cm³/mol. The number of carbonyl (C=O) groups excluding carboxylic acids is 1. The summed E-state index contributed by atoms with van der Waals surface area (Å²) in [5.41, 5.74) is 9.47. The number of ether oxygens (including phenoxy) is 1. The summed E-state index contributed by atoms with van der Waals surface area (Å²) in [4.78, 5) is 24.1. The van der Waals surface area contributed by atoms with E-state index < -0.39 is 5.97 Å². The summed E-state index contributed by atoms with van der Waals surface area (Å²) in [5, 5.41) is 11.8. The van der Waals surface area contributed by atoms with Crippen LogP contribution >= 0.6 is 23.2 Å². The minimum Gasteiger partial charge on any atom is -0.489 e. The van der Waals surface area contributed by atoms with E-state index in [0.717, 1.165) is 21.9 Å². The lowest BCUT2D eigenvalue weighted by Crippen LogP contribution is -2.21. The summed E-state index contributed by atoms with van der Waals surface area (Å²) < 4.78 is 6.02. The number of halogens is 2. The van der Waals surface area contributed by atoms with Gasteiger partial charge in [-0.05, 0) is 64.4 Å². The van der Waals surface area contributed by atoms with E-state index >= 15 is 0 Å². The SMILES string of the molecule is CC(C)C(=O)/C(COc1ccc2cc(-c3ccc(C(=O)O)cc3)ccc2c1)=C(\N)c1c(Cl)cccc1Cl. The van der Waals surface area contributed by atoms with Crippen molar-refractivity contribution in [3.8, 4) is 16.9 Å². The molecule has 0 amide bonds. The van der Waals surface area contributed by atoms with Crippen LogP contribution in [-0.2, 0) is 4.79 Å². The van der Waals surface area contributed by atoms with Crippen molar-refractivity contribution in [3.05, 3.63) is 106 Å². The van der Waals surface area contributed by atoms with Crippen molar-refractivity contribution in [2.75, 3.05) is 6.61 Å². The molecule has 0 unspecified atom stereocenters. The van der Waals surface area contributed by atoms with Crippen LogP contribution in [0.4, 0.5) is 0 Å². The molecule has 0 aliphatic carbocycles. The summed E-state index contributed by atoms with van der Waals surface area (Å²) in [5.74, 6) is -0.814. The smallest absolute Gasteiger partial charge is 0.335 e. The van der Waals surface area contributed by atoms with Crippen LogP contribution in [0.15, 0.2) is 84.4 Å². The molecule has 7 heteroatoms. The lowest BCUT2D eigenvalue weighted by atomic mass is 9.97. The van der Waals surface area contributed by atoms with Crippen molar-refractivity contribution >= 4 is 51.4 Å². The van der Waals surface area contributed by atoms with Crippen LogP contribution in [0.3, 0.4) is 0 Å². The van der Waals surface area contributed by atoms with Gasteiger partial charge in [0.1, 0.15) is 12.4 Å². The minimum absolute atomic E-state index is 0.0378. The van der Waals surface area contributed by atoms with E-state index in [1.54, 1.807) is 56.3 Å². The van der Waals surface area contributed by atoms with Gasteiger partial charge in [0.2, 0.25) is 0 Å². The highest BCUT2D eigenvalue weighted by Crippen LogP contribution is 2.32. The van der Waals surface area contributed by atoms with Gasteiger partial charge in [-0.25, -0.2) is 4.79 Å². The van der Waals surface area contributed by atoms with Gasteiger partial charge in [0.25, 0.3) is 0 Å². The first-order valence-electron chi connectivity index (χ1n) is 11.6. The van der Waals surface area contributed by atoms with E-state index in [4.69, 9.17) is 38.8 Å². The van der Waals surface area contributed by atoms with Crippen molar-refractivity contribution in [3.63, 3.8) is 0 Å². The third-order valence-corrected chi connectivity index (χ3v) is 6.67. The third kappa shape index (κ3) is 5.79. The molecule has 0 spiro atoms. The molecule has 0 saturated heterocycles. The van der Waals surface area contributed by atoms with E-state index in [0.29, 0.717) is 26.9 Å². The Morgan fingerprint density at radius 2 is 1.46 bits per heavy atom. The van der Waals surface area contributed by atoms with Gasteiger partial charge in [-0.3, -0.25) is 4.79 Å².